The Hall–Kier alpha value is -1.83. The highest BCUT2D eigenvalue weighted by Crippen LogP contribution is 2.10. The van der Waals surface area contributed by atoms with E-state index >= 15 is 0 Å². The minimum Gasteiger partial charge on any atom is -0.375 e. The molecule has 0 aromatic carbocycles. The van der Waals surface area contributed by atoms with Crippen LogP contribution in [0.15, 0.2) is 4.79 Å². The van der Waals surface area contributed by atoms with Crippen LogP contribution in [0.5, 0.6) is 0 Å². The van der Waals surface area contributed by atoms with Gasteiger partial charge < -0.3 is 15.0 Å². The quantitative estimate of drug-likeness (QED) is 0.798. The SMILES string of the molecule is CC[C@@H]1CN(C(=O)NCCCn2nc3n(c2=O)CCCC3)CCO1. The average molecular weight is 337 g/mol. The smallest absolute Gasteiger partial charge is 0.345 e. The van der Waals surface area contributed by atoms with Gasteiger partial charge in [0.2, 0.25) is 0 Å². The number of hydrogen-bond acceptors (Lipinski definition) is 4. The Bertz CT molecular complexity index is 624. The van der Waals surface area contributed by atoms with Crippen molar-refractivity contribution in [2.75, 3.05) is 26.2 Å². The van der Waals surface area contributed by atoms with Gasteiger partial charge in [-0.1, -0.05) is 6.92 Å². The normalized spacial score (nSPS) is 20.7. The van der Waals surface area contributed by atoms with E-state index in [0.717, 1.165) is 38.1 Å². The molecule has 0 spiro atoms. The summed E-state index contributed by atoms with van der Waals surface area (Å²) >= 11 is 0. The molecule has 1 N–H and O–H groups in total. The molecule has 3 rings (SSSR count). The second-order valence-electron chi connectivity index (χ2n) is 6.46. The minimum atomic E-state index is -0.0479. The highest BCUT2D eigenvalue weighted by Gasteiger charge is 2.22. The maximum atomic E-state index is 12.2. The third-order valence-electron chi connectivity index (χ3n) is 4.74. The molecule has 134 valence electrons. The van der Waals surface area contributed by atoms with Gasteiger partial charge in [0.05, 0.1) is 12.7 Å². The number of morpholine rings is 1. The number of aromatic nitrogens is 3. The standard InChI is InChI=1S/C16H27N5O3/c1-2-13-12-19(10-11-24-13)15(22)17-7-5-9-21-16(23)20-8-4-3-6-14(20)18-21/h13H,2-12H2,1H3,(H,17,22)/t13-/m1/s1. The van der Waals surface area contributed by atoms with Crippen LogP contribution >= 0.6 is 0 Å². The molecule has 24 heavy (non-hydrogen) atoms. The van der Waals surface area contributed by atoms with E-state index in [1.54, 1.807) is 9.47 Å². The van der Waals surface area contributed by atoms with Crippen LogP contribution in [-0.2, 0) is 24.2 Å². The summed E-state index contributed by atoms with van der Waals surface area (Å²) in [7, 11) is 0. The third-order valence-corrected chi connectivity index (χ3v) is 4.74. The van der Waals surface area contributed by atoms with Crippen molar-refractivity contribution in [3.63, 3.8) is 0 Å². The van der Waals surface area contributed by atoms with Crippen molar-refractivity contribution in [2.45, 2.75) is 58.2 Å². The van der Waals surface area contributed by atoms with Crippen LogP contribution in [0.25, 0.3) is 0 Å². The zero-order valence-electron chi connectivity index (χ0n) is 14.4. The summed E-state index contributed by atoms with van der Waals surface area (Å²) in [5.74, 6) is 0.897. The van der Waals surface area contributed by atoms with Gasteiger partial charge in [-0.15, -0.1) is 0 Å². The molecule has 2 amide bonds. The van der Waals surface area contributed by atoms with E-state index in [-0.39, 0.29) is 17.8 Å². The molecule has 2 aliphatic rings. The first kappa shape index (κ1) is 17.0. The molecule has 3 heterocycles. The van der Waals surface area contributed by atoms with E-state index in [0.29, 0.717) is 39.2 Å². The first-order chi connectivity index (χ1) is 11.7. The number of fused-ring (bicyclic) bond motifs is 1. The molecule has 0 radical (unpaired) electrons. The molecule has 0 aliphatic carbocycles. The summed E-state index contributed by atoms with van der Waals surface area (Å²) in [5, 5.41) is 7.34. The minimum absolute atomic E-state index is 0.0185. The Kier molecular flexibility index (Phi) is 5.55. The third kappa shape index (κ3) is 3.80. The zero-order chi connectivity index (χ0) is 16.9. The van der Waals surface area contributed by atoms with Gasteiger partial charge in [0.1, 0.15) is 5.82 Å². The fourth-order valence-electron chi connectivity index (χ4n) is 3.28. The summed E-state index contributed by atoms with van der Waals surface area (Å²) in [6.07, 6.45) is 4.79. The largest absolute Gasteiger partial charge is 0.375 e. The first-order valence-corrected chi connectivity index (χ1v) is 9.00. The number of ether oxygens (including phenoxy) is 1. The number of hydrogen-bond donors (Lipinski definition) is 1. The molecular weight excluding hydrogens is 310 g/mol. The molecule has 8 heteroatoms. The van der Waals surface area contributed by atoms with Crippen LogP contribution in [0.4, 0.5) is 4.79 Å². The van der Waals surface area contributed by atoms with E-state index in [2.05, 4.69) is 17.3 Å². The van der Waals surface area contributed by atoms with Gasteiger partial charge in [-0.25, -0.2) is 14.3 Å². The number of amides is 2. The summed E-state index contributed by atoms with van der Waals surface area (Å²) in [4.78, 5) is 26.2. The number of carbonyl (C=O) groups is 1. The zero-order valence-corrected chi connectivity index (χ0v) is 14.4. The van der Waals surface area contributed by atoms with Crippen molar-refractivity contribution < 1.29 is 9.53 Å². The fraction of sp³-hybridized carbons (Fsp3) is 0.812. The van der Waals surface area contributed by atoms with E-state index in [1.807, 2.05) is 0 Å². The Balaban J connectivity index is 1.43. The second-order valence-corrected chi connectivity index (χ2v) is 6.46. The summed E-state index contributed by atoms with van der Waals surface area (Å²) in [6.45, 7) is 5.81. The molecule has 1 saturated heterocycles. The van der Waals surface area contributed by atoms with E-state index in [1.165, 1.54) is 4.68 Å². The molecule has 0 bridgehead atoms. The van der Waals surface area contributed by atoms with Crippen LogP contribution in [0.2, 0.25) is 0 Å². The Morgan fingerprint density at radius 3 is 3.04 bits per heavy atom. The van der Waals surface area contributed by atoms with Gasteiger partial charge in [-0.3, -0.25) is 4.57 Å². The average Bonchev–Trinajstić information content (AvgIpc) is 2.95. The second kappa shape index (κ2) is 7.83. The van der Waals surface area contributed by atoms with Crippen LogP contribution in [0.1, 0.15) is 38.4 Å². The monoisotopic (exact) mass is 337 g/mol. The van der Waals surface area contributed by atoms with Crippen molar-refractivity contribution in [3.05, 3.63) is 16.3 Å². The number of urea groups is 1. The summed E-state index contributed by atoms with van der Waals surface area (Å²) in [6, 6.07) is -0.0479. The Labute approximate surface area is 141 Å². The lowest BCUT2D eigenvalue weighted by molar-refractivity contribution is -0.0153. The van der Waals surface area contributed by atoms with Gasteiger partial charge >= 0.3 is 11.7 Å². The van der Waals surface area contributed by atoms with Crippen LogP contribution in [0.3, 0.4) is 0 Å². The molecule has 2 aliphatic heterocycles. The summed E-state index contributed by atoms with van der Waals surface area (Å²) < 4.78 is 8.89. The van der Waals surface area contributed by atoms with Gasteiger partial charge in [-0.2, -0.15) is 5.10 Å². The molecule has 0 unspecified atom stereocenters. The first-order valence-electron chi connectivity index (χ1n) is 9.00. The Morgan fingerprint density at radius 1 is 1.38 bits per heavy atom. The van der Waals surface area contributed by atoms with Crippen molar-refractivity contribution >= 4 is 6.03 Å². The lowest BCUT2D eigenvalue weighted by Crippen LogP contribution is -2.49. The predicted molar refractivity (Wildman–Crippen MR) is 89.0 cm³/mol. The highest BCUT2D eigenvalue weighted by molar-refractivity contribution is 5.74. The van der Waals surface area contributed by atoms with Gasteiger partial charge in [0.15, 0.2) is 0 Å². The van der Waals surface area contributed by atoms with Crippen LogP contribution in [0, 0.1) is 0 Å². The molecule has 1 aromatic heterocycles. The topological polar surface area (TPSA) is 81.4 Å². The van der Waals surface area contributed by atoms with Gasteiger partial charge in [-0.05, 0) is 25.7 Å². The number of aryl methyl sites for hydroxylation is 2. The molecule has 1 atom stereocenters. The lowest BCUT2D eigenvalue weighted by atomic mass is 10.2. The molecule has 0 saturated carbocycles. The van der Waals surface area contributed by atoms with E-state index < -0.39 is 0 Å². The van der Waals surface area contributed by atoms with Crippen molar-refractivity contribution in [1.29, 1.82) is 0 Å². The van der Waals surface area contributed by atoms with Crippen molar-refractivity contribution in [2.24, 2.45) is 0 Å². The van der Waals surface area contributed by atoms with Crippen LogP contribution < -0.4 is 11.0 Å². The maximum absolute atomic E-state index is 12.2. The van der Waals surface area contributed by atoms with Crippen molar-refractivity contribution in [3.8, 4) is 0 Å². The predicted octanol–water partition coefficient (Wildman–Crippen LogP) is 0.592. The highest BCUT2D eigenvalue weighted by atomic mass is 16.5. The van der Waals surface area contributed by atoms with Gasteiger partial charge in [0, 0.05) is 39.1 Å². The van der Waals surface area contributed by atoms with Crippen LogP contribution in [-0.4, -0.2) is 57.6 Å². The fourth-order valence-corrected chi connectivity index (χ4v) is 3.28. The lowest BCUT2D eigenvalue weighted by Gasteiger charge is -2.32. The summed E-state index contributed by atoms with van der Waals surface area (Å²) in [5.41, 5.74) is -0.0185. The molecule has 8 nitrogen and oxygen atoms in total. The maximum Gasteiger partial charge on any atom is 0.345 e. The number of rotatable bonds is 5. The molecule has 1 fully saturated rings. The Morgan fingerprint density at radius 2 is 2.25 bits per heavy atom. The molecular formula is C16H27N5O3. The number of nitrogens with zero attached hydrogens (tertiary/aromatic N) is 4. The number of nitrogens with one attached hydrogen (secondary N) is 1. The number of carbonyl (C=O) groups excluding carboxylic acids is 1. The van der Waals surface area contributed by atoms with Gasteiger partial charge in [0.25, 0.3) is 0 Å². The van der Waals surface area contributed by atoms with Crippen molar-refractivity contribution in [1.82, 2.24) is 24.6 Å². The van der Waals surface area contributed by atoms with E-state index in [9.17, 15) is 9.59 Å². The van der Waals surface area contributed by atoms with E-state index in [4.69, 9.17) is 4.74 Å². The molecule has 1 aromatic rings.